The lowest BCUT2D eigenvalue weighted by Gasteiger charge is -2.10. The van der Waals surface area contributed by atoms with Gasteiger partial charge in [0.15, 0.2) is 0 Å². The van der Waals surface area contributed by atoms with E-state index in [9.17, 15) is 0 Å². The van der Waals surface area contributed by atoms with Crippen molar-refractivity contribution in [3.63, 3.8) is 0 Å². The molecule has 1 aromatic carbocycles. The summed E-state index contributed by atoms with van der Waals surface area (Å²) in [5, 5.41) is 10.4. The molecule has 0 aliphatic rings. The Balaban J connectivity index is 0.00000121. The zero-order chi connectivity index (χ0) is 8.10. The van der Waals surface area contributed by atoms with Crippen LogP contribution in [0.15, 0.2) is 30.3 Å². The SMILES string of the molecule is CCN(O)Cc1ccccc1.Cl. The first kappa shape index (κ1) is 11.4. The molecule has 68 valence electrons. The summed E-state index contributed by atoms with van der Waals surface area (Å²) in [4.78, 5) is 0. The molecular formula is C9H14ClNO. The van der Waals surface area contributed by atoms with Crippen LogP contribution in [0.2, 0.25) is 0 Å². The van der Waals surface area contributed by atoms with Crippen molar-refractivity contribution in [2.24, 2.45) is 0 Å². The van der Waals surface area contributed by atoms with Gasteiger partial charge in [-0.15, -0.1) is 12.4 Å². The zero-order valence-electron chi connectivity index (χ0n) is 7.10. The van der Waals surface area contributed by atoms with Crippen LogP contribution >= 0.6 is 12.4 Å². The highest BCUT2D eigenvalue weighted by atomic mass is 35.5. The highest BCUT2D eigenvalue weighted by Gasteiger charge is 1.96. The molecule has 0 fully saturated rings. The van der Waals surface area contributed by atoms with Gasteiger partial charge < -0.3 is 5.21 Å². The molecule has 0 atom stereocenters. The Kier molecular flexibility index (Phi) is 5.72. The van der Waals surface area contributed by atoms with Crippen LogP contribution in [-0.2, 0) is 6.54 Å². The van der Waals surface area contributed by atoms with E-state index in [1.165, 1.54) is 5.06 Å². The van der Waals surface area contributed by atoms with Crippen molar-refractivity contribution < 1.29 is 5.21 Å². The maximum Gasteiger partial charge on any atom is 0.0488 e. The number of hydroxylamine groups is 2. The molecule has 1 aromatic rings. The summed E-state index contributed by atoms with van der Waals surface area (Å²) in [5.74, 6) is 0. The molecule has 2 nitrogen and oxygen atoms in total. The fraction of sp³-hybridized carbons (Fsp3) is 0.333. The van der Waals surface area contributed by atoms with E-state index in [1.807, 2.05) is 37.3 Å². The van der Waals surface area contributed by atoms with Crippen LogP contribution < -0.4 is 0 Å². The highest BCUT2D eigenvalue weighted by Crippen LogP contribution is 2.00. The highest BCUT2D eigenvalue weighted by molar-refractivity contribution is 5.85. The third kappa shape index (κ3) is 3.72. The molecule has 0 unspecified atom stereocenters. The number of benzene rings is 1. The van der Waals surface area contributed by atoms with Gasteiger partial charge in [-0.25, -0.2) is 0 Å². The van der Waals surface area contributed by atoms with Crippen LogP contribution in [0.4, 0.5) is 0 Å². The molecule has 1 N–H and O–H groups in total. The van der Waals surface area contributed by atoms with Gasteiger partial charge in [0.05, 0.1) is 0 Å². The minimum Gasteiger partial charge on any atom is -0.314 e. The predicted octanol–water partition coefficient (Wildman–Crippen LogP) is 2.32. The third-order valence-electron chi connectivity index (χ3n) is 1.57. The van der Waals surface area contributed by atoms with E-state index in [-0.39, 0.29) is 12.4 Å². The summed E-state index contributed by atoms with van der Waals surface area (Å²) in [6, 6.07) is 9.91. The average molecular weight is 188 g/mol. The minimum absolute atomic E-state index is 0. The van der Waals surface area contributed by atoms with Gasteiger partial charge in [-0.1, -0.05) is 37.3 Å². The van der Waals surface area contributed by atoms with E-state index in [4.69, 9.17) is 5.21 Å². The first-order valence-electron chi connectivity index (χ1n) is 3.80. The van der Waals surface area contributed by atoms with Crippen LogP contribution in [0, 0.1) is 0 Å². The Bertz CT molecular complexity index is 203. The van der Waals surface area contributed by atoms with Crippen molar-refractivity contribution in [2.75, 3.05) is 6.54 Å². The van der Waals surface area contributed by atoms with Crippen molar-refractivity contribution in [3.8, 4) is 0 Å². The molecule has 0 spiro atoms. The van der Waals surface area contributed by atoms with Gasteiger partial charge in [0.25, 0.3) is 0 Å². The maximum absolute atomic E-state index is 9.14. The smallest absolute Gasteiger partial charge is 0.0488 e. The quantitative estimate of drug-likeness (QED) is 0.735. The molecule has 0 aromatic heterocycles. The monoisotopic (exact) mass is 187 g/mol. The number of hydrogen-bond donors (Lipinski definition) is 1. The Labute approximate surface area is 79.2 Å². The second kappa shape index (κ2) is 6.00. The lowest BCUT2D eigenvalue weighted by Crippen LogP contribution is -2.17. The molecular weight excluding hydrogens is 174 g/mol. The van der Waals surface area contributed by atoms with Gasteiger partial charge in [-0.2, -0.15) is 5.06 Å². The summed E-state index contributed by atoms with van der Waals surface area (Å²) in [7, 11) is 0. The largest absolute Gasteiger partial charge is 0.314 e. The standard InChI is InChI=1S/C9H13NO.ClH/c1-2-10(11)8-9-6-4-3-5-7-9;/h3-7,11H,2,8H2,1H3;1H. The van der Waals surface area contributed by atoms with Gasteiger partial charge in [0.2, 0.25) is 0 Å². The lowest BCUT2D eigenvalue weighted by molar-refractivity contribution is -0.0946. The number of hydrogen-bond acceptors (Lipinski definition) is 2. The van der Waals surface area contributed by atoms with Gasteiger partial charge in [-0.3, -0.25) is 0 Å². The van der Waals surface area contributed by atoms with Gasteiger partial charge in [-0.05, 0) is 5.56 Å². The first-order valence-corrected chi connectivity index (χ1v) is 3.80. The molecule has 0 bridgehead atoms. The molecule has 1 rings (SSSR count). The molecule has 12 heavy (non-hydrogen) atoms. The topological polar surface area (TPSA) is 23.5 Å². The average Bonchev–Trinajstić information content (AvgIpc) is 2.06. The van der Waals surface area contributed by atoms with Gasteiger partial charge in [0.1, 0.15) is 0 Å². The van der Waals surface area contributed by atoms with Crippen LogP contribution in [0.5, 0.6) is 0 Å². The number of halogens is 1. The molecule has 0 aliphatic heterocycles. The van der Waals surface area contributed by atoms with Gasteiger partial charge in [0, 0.05) is 13.1 Å². The van der Waals surface area contributed by atoms with Crippen molar-refractivity contribution in [1.29, 1.82) is 0 Å². The van der Waals surface area contributed by atoms with E-state index in [1.54, 1.807) is 0 Å². The zero-order valence-corrected chi connectivity index (χ0v) is 7.92. The number of nitrogens with zero attached hydrogens (tertiary/aromatic N) is 1. The molecule has 0 saturated carbocycles. The van der Waals surface area contributed by atoms with Crippen molar-refractivity contribution in [3.05, 3.63) is 35.9 Å². The molecule has 3 heteroatoms. The maximum atomic E-state index is 9.14. The summed E-state index contributed by atoms with van der Waals surface area (Å²) in [6.07, 6.45) is 0. The predicted molar refractivity (Wildman–Crippen MR) is 51.6 cm³/mol. The van der Waals surface area contributed by atoms with Crippen LogP contribution in [-0.4, -0.2) is 16.8 Å². The molecule has 0 radical (unpaired) electrons. The van der Waals surface area contributed by atoms with E-state index >= 15 is 0 Å². The Hall–Kier alpha value is -0.570. The second-order valence-electron chi connectivity index (χ2n) is 2.47. The normalized spacial score (nSPS) is 9.58. The van der Waals surface area contributed by atoms with Crippen LogP contribution in [0.3, 0.4) is 0 Å². The summed E-state index contributed by atoms with van der Waals surface area (Å²) >= 11 is 0. The Morgan fingerprint density at radius 1 is 1.25 bits per heavy atom. The summed E-state index contributed by atoms with van der Waals surface area (Å²) in [5.41, 5.74) is 1.14. The van der Waals surface area contributed by atoms with E-state index in [2.05, 4.69) is 0 Å². The van der Waals surface area contributed by atoms with Crippen LogP contribution in [0.1, 0.15) is 12.5 Å². The van der Waals surface area contributed by atoms with Crippen molar-refractivity contribution >= 4 is 12.4 Å². The fourth-order valence-corrected chi connectivity index (χ4v) is 0.906. The fourth-order valence-electron chi connectivity index (χ4n) is 0.906. The molecule has 0 amide bonds. The summed E-state index contributed by atoms with van der Waals surface area (Å²) < 4.78 is 0. The Morgan fingerprint density at radius 3 is 2.33 bits per heavy atom. The lowest BCUT2D eigenvalue weighted by atomic mass is 10.2. The molecule has 0 saturated heterocycles. The second-order valence-corrected chi connectivity index (χ2v) is 2.47. The number of rotatable bonds is 3. The van der Waals surface area contributed by atoms with E-state index < -0.39 is 0 Å². The minimum atomic E-state index is 0. The summed E-state index contributed by atoms with van der Waals surface area (Å²) in [6.45, 7) is 3.19. The van der Waals surface area contributed by atoms with E-state index in [0.29, 0.717) is 13.1 Å². The van der Waals surface area contributed by atoms with Gasteiger partial charge >= 0.3 is 0 Å². The van der Waals surface area contributed by atoms with E-state index in [0.717, 1.165) is 5.56 Å². The molecule has 0 heterocycles. The third-order valence-corrected chi connectivity index (χ3v) is 1.57. The molecule has 0 aliphatic carbocycles. The Morgan fingerprint density at radius 2 is 1.83 bits per heavy atom. The van der Waals surface area contributed by atoms with Crippen molar-refractivity contribution in [1.82, 2.24) is 5.06 Å². The van der Waals surface area contributed by atoms with Crippen LogP contribution in [0.25, 0.3) is 0 Å². The van der Waals surface area contributed by atoms with Crippen molar-refractivity contribution in [2.45, 2.75) is 13.5 Å². The first-order chi connectivity index (χ1) is 5.33.